The van der Waals surface area contributed by atoms with Crippen LogP contribution in [0.15, 0.2) is 60.7 Å². The summed E-state index contributed by atoms with van der Waals surface area (Å²) in [6.45, 7) is 5.22. The number of thiophene rings is 1. The molecule has 5 rings (SSSR count). The zero-order valence-electron chi connectivity index (χ0n) is 17.5. The number of ether oxygens (including phenoxy) is 1. The Hall–Kier alpha value is -2.83. The minimum Gasteiger partial charge on any atom is -0.378 e. The van der Waals surface area contributed by atoms with E-state index in [1.165, 1.54) is 12.8 Å². The number of carbonyl (C=O) groups is 1. The van der Waals surface area contributed by atoms with Gasteiger partial charge in [-0.25, -0.2) is 0 Å². The largest absolute Gasteiger partial charge is 0.378 e. The topological polar surface area (TPSA) is 44.8 Å². The van der Waals surface area contributed by atoms with E-state index in [1.54, 1.807) is 11.3 Å². The Balaban J connectivity index is 1.45. The quantitative estimate of drug-likeness (QED) is 0.608. The molecular weight excluding hydrogens is 406 g/mol. The van der Waals surface area contributed by atoms with Gasteiger partial charge in [0.05, 0.1) is 34.5 Å². The summed E-state index contributed by atoms with van der Waals surface area (Å²) in [5, 5.41) is 4.33. The first-order valence-electron chi connectivity index (χ1n) is 11.0. The van der Waals surface area contributed by atoms with Gasteiger partial charge in [-0.05, 0) is 36.6 Å². The number of amides is 1. The third kappa shape index (κ3) is 4.31. The molecule has 0 radical (unpaired) electrons. The van der Waals surface area contributed by atoms with Crippen LogP contribution >= 0.6 is 11.3 Å². The summed E-state index contributed by atoms with van der Waals surface area (Å²) in [6, 6.07) is 20.5. The van der Waals surface area contributed by atoms with Crippen molar-refractivity contribution in [1.82, 2.24) is 0 Å². The van der Waals surface area contributed by atoms with Gasteiger partial charge >= 0.3 is 0 Å². The Bertz CT molecular complexity index is 1040. The zero-order valence-corrected chi connectivity index (χ0v) is 18.4. The van der Waals surface area contributed by atoms with Gasteiger partial charge < -0.3 is 19.9 Å². The normalized spacial score (nSPS) is 16.5. The van der Waals surface area contributed by atoms with E-state index in [-0.39, 0.29) is 5.91 Å². The van der Waals surface area contributed by atoms with Gasteiger partial charge in [-0.1, -0.05) is 42.5 Å². The highest BCUT2D eigenvalue weighted by Gasteiger charge is 2.23. The molecule has 1 N–H and O–H groups in total. The van der Waals surface area contributed by atoms with E-state index in [1.807, 2.05) is 42.5 Å². The molecule has 1 aromatic heterocycles. The lowest BCUT2D eigenvalue weighted by atomic mass is 10.1. The lowest BCUT2D eigenvalue weighted by molar-refractivity contribution is 0.103. The minimum absolute atomic E-state index is 0.0478. The number of morpholine rings is 1. The Labute approximate surface area is 187 Å². The lowest BCUT2D eigenvalue weighted by Gasteiger charge is -2.28. The summed E-state index contributed by atoms with van der Waals surface area (Å²) < 4.78 is 5.54. The number of nitrogens with zero attached hydrogens (tertiary/aromatic N) is 2. The van der Waals surface area contributed by atoms with Gasteiger partial charge in [-0.2, -0.15) is 0 Å². The molecule has 1 amide bonds. The SMILES string of the molecule is O=C(Nc1ccccc1N1CCCC1)c1cc(-c2ccccc2)c(N2CCOCC2)s1. The van der Waals surface area contributed by atoms with Crippen LogP contribution in [0.1, 0.15) is 22.5 Å². The van der Waals surface area contributed by atoms with Crippen LogP contribution in [0.4, 0.5) is 16.4 Å². The summed E-state index contributed by atoms with van der Waals surface area (Å²) >= 11 is 1.57. The smallest absolute Gasteiger partial charge is 0.265 e. The lowest BCUT2D eigenvalue weighted by Crippen LogP contribution is -2.35. The van der Waals surface area contributed by atoms with Crippen molar-refractivity contribution in [2.45, 2.75) is 12.8 Å². The van der Waals surface area contributed by atoms with Gasteiger partial charge in [0.2, 0.25) is 0 Å². The molecule has 2 aliphatic heterocycles. The van der Waals surface area contributed by atoms with Crippen LogP contribution in [-0.2, 0) is 4.74 Å². The molecule has 0 spiro atoms. The maximum Gasteiger partial charge on any atom is 0.265 e. The van der Waals surface area contributed by atoms with Crippen molar-refractivity contribution in [3.63, 3.8) is 0 Å². The highest BCUT2D eigenvalue weighted by molar-refractivity contribution is 7.18. The zero-order chi connectivity index (χ0) is 21.0. The standard InChI is InChI=1S/C25H27N3O2S/c29-24(26-21-10-4-5-11-22(21)27-12-6-7-13-27)23-18-20(19-8-2-1-3-9-19)25(31-23)28-14-16-30-17-15-28/h1-5,8-11,18H,6-7,12-17H2,(H,26,29). The van der Waals surface area contributed by atoms with Crippen molar-refractivity contribution < 1.29 is 9.53 Å². The summed E-state index contributed by atoms with van der Waals surface area (Å²) in [6.07, 6.45) is 2.41. The maximum absolute atomic E-state index is 13.3. The Morgan fingerprint density at radius 1 is 0.871 bits per heavy atom. The fraction of sp³-hybridized carbons (Fsp3) is 0.320. The van der Waals surface area contributed by atoms with Crippen LogP contribution in [-0.4, -0.2) is 45.3 Å². The van der Waals surface area contributed by atoms with Crippen molar-refractivity contribution >= 4 is 33.6 Å². The first kappa shape index (κ1) is 20.1. The van der Waals surface area contributed by atoms with Crippen molar-refractivity contribution in [2.24, 2.45) is 0 Å². The molecule has 0 unspecified atom stereocenters. The molecule has 0 bridgehead atoms. The van der Waals surface area contributed by atoms with E-state index < -0.39 is 0 Å². The van der Waals surface area contributed by atoms with Gasteiger partial charge in [-0.15, -0.1) is 11.3 Å². The summed E-state index contributed by atoms with van der Waals surface area (Å²) in [5.41, 5.74) is 4.25. The monoisotopic (exact) mass is 433 g/mol. The number of carbonyl (C=O) groups excluding carboxylic acids is 1. The van der Waals surface area contributed by atoms with Crippen LogP contribution in [0.25, 0.3) is 11.1 Å². The summed E-state index contributed by atoms with van der Waals surface area (Å²) in [7, 11) is 0. The number of benzene rings is 2. The molecule has 2 fully saturated rings. The Kier molecular flexibility index (Phi) is 5.91. The molecule has 0 saturated carbocycles. The highest BCUT2D eigenvalue weighted by atomic mass is 32.1. The average molecular weight is 434 g/mol. The molecule has 3 aromatic rings. The summed E-state index contributed by atoms with van der Waals surface area (Å²) in [4.78, 5) is 18.7. The number of rotatable bonds is 5. The van der Waals surface area contributed by atoms with Crippen LogP contribution in [0.2, 0.25) is 0 Å². The number of para-hydroxylation sites is 2. The summed E-state index contributed by atoms with van der Waals surface area (Å²) in [5.74, 6) is -0.0478. The second-order valence-corrected chi connectivity index (χ2v) is 8.99. The fourth-order valence-electron chi connectivity index (χ4n) is 4.32. The van der Waals surface area contributed by atoms with Gasteiger partial charge in [0, 0.05) is 31.7 Å². The molecule has 0 aliphatic carbocycles. The van der Waals surface area contributed by atoms with E-state index in [4.69, 9.17) is 4.74 Å². The highest BCUT2D eigenvalue weighted by Crippen LogP contribution is 2.40. The third-order valence-electron chi connectivity index (χ3n) is 5.92. The van der Waals surface area contributed by atoms with E-state index in [0.29, 0.717) is 0 Å². The van der Waals surface area contributed by atoms with E-state index >= 15 is 0 Å². The molecule has 6 heteroatoms. The Morgan fingerprint density at radius 2 is 1.58 bits per heavy atom. The van der Waals surface area contributed by atoms with Gasteiger partial charge in [-0.3, -0.25) is 4.79 Å². The second kappa shape index (κ2) is 9.12. The van der Waals surface area contributed by atoms with Gasteiger partial charge in [0.1, 0.15) is 0 Å². The minimum atomic E-state index is -0.0478. The average Bonchev–Trinajstić information content (AvgIpc) is 3.51. The van der Waals surface area contributed by atoms with Crippen LogP contribution in [0.5, 0.6) is 0 Å². The molecule has 2 aromatic carbocycles. The first-order chi connectivity index (χ1) is 15.3. The number of hydrogen-bond donors (Lipinski definition) is 1. The maximum atomic E-state index is 13.3. The molecule has 2 aliphatic rings. The third-order valence-corrected chi connectivity index (χ3v) is 7.11. The van der Waals surface area contributed by atoms with Crippen molar-refractivity contribution in [3.05, 3.63) is 65.5 Å². The molecule has 2 saturated heterocycles. The number of anilines is 3. The van der Waals surface area contributed by atoms with E-state index in [0.717, 1.165) is 71.8 Å². The number of nitrogens with one attached hydrogen (secondary N) is 1. The van der Waals surface area contributed by atoms with Crippen LogP contribution in [0.3, 0.4) is 0 Å². The fourth-order valence-corrected chi connectivity index (χ4v) is 5.44. The van der Waals surface area contributed by atoms with E-state index in [9.17, 15) is 4.79 Å². The number of hydrogen-bond acceptors (Lipinski definition) is 5. The van der Waals surface area contributed by atoms with Crippen molar-refractivity contribution in [2.75, 3.05) is 54.5 Å². The van der Waals surface area contributed by atoms with Crippen LogP contribution in [0, 0.1) is 0 Å². The molecule has 160 valence electrons. The molecule has 5 nitrogen and oxygen atoms in total. The van der Waals surface area contributed by atoms with Gasteiger partial charge in [0.25, 0.3) is 5.91 Å². The molecule has 0 atom stereocenters. The van der Waals surface area contributed by atoms with Crippen LogP contribution < -0.4 is 15.1 Å². The molecule has 31 heavy (non-hydrogen) atoms. The predicted octanol–water partition coefficient (Wildman–Crippen LogP) is 5.10. The van der Waals surface area contributed by atoms with Crippen molar-refractivity contribution in [3.8, 4) is 11.1 Å². The van der Waals surface area contributed by atoms with Crippen molar-refractivity contribution in [1.29, 1.82) is 0 Å². The predicted molar refractivity (Wildman–Crippen MR) is 129 cm³/mol. The second-order valence-electron chi connectivity index (χ2n) is 7.96. The van der Waals surface area contributed by atoms with E-state index in [2.05, 4.69) is 33.3 Å². The molecule has 3 heterocycles. The first-order valence-corrected chi connectivity index (χ1v) is 11.8. The molecular formula is C25H27N3O2S. The Morgan fingerprint density at radius 3 is 2.35 bits per heavy atom. The van der Waals surface area contributed by atoms with Gasteiger partial charge in [0.15, 0.2) is 0 Å².